The van der Waals surface area contributed by atoms with Crippen LogP contribution in [0.1, 0.15) is 16.1 Å². The van der Waals surface area contributed by atoms with Crippen LogP contribution in [0.4, 0.5) is 5.69 Å². The molecule has 2 aromatic rings. The summed E-state index contributed by atoms with van der Waals surface area (Å²) in [7, 11) is 1.77. The van der Waals surface area contributed by atoms with Gasteiger partial charge in [0.25, 0.3) is 5.91 Å². The average molecular weight is 266 g/mol. The van der Waals surface area contributed by atoms with E-state index in [1.807, 2.05) is 0 Å². The van der Waals surface area contributed by atoms with E-state index < -0.39 is 0 Å². The van der Waals surface area contributed by atoms with Gasteiger partial charge in [-0.2, -0.15) is 5.10 Å². The SMILES string of the molecule is Cc1nn(C)cc1NC(=O)c1cc(O)ccc1Cl. The number of nitrogens with zero attached hydrogens (tertiary/aromatic N) is 2. The van der Waals surface area contributed by atoms with Crippen molar-refractivity contribution in [2.75, 3.05) is 5.32 Å². The number of rotatable bonds is 2. The first kappa shape index (κ1) is 12.4. The molecule has 0 saturated heterocycles. The Morgan fingerprint density at radius 1 is 1.50 bits per heavy atom. The normalized spacial score (nSPS) is 10.4. The number of phenolic OH excluding ortho intramolecular Hbond substituents is 1. The first-order valence-corrected chi connectivity index (χ1v) is 5.65. The molecule has 2 rings (SSSR count). The number of nitrogens with one attached hydrogen (secondary N) is 1. The number of carbonyl (C=O) groups is 1. The highest BCUT2D eigenvalue weighted by Gasteiger charge is 2.13. The van der Waals surface area contributed by atoms with Gasteiger partial charge in [0, 0.05) is 13.2 Å². The third-order valence-electron chi connectivity index (χ3n) is 2.46. The summed E-state index contributed by atoms with van der Waals surface area (Å²) in [4.78, 5) is 12.0. The summed E-state index contributed by atoms with van der Waals surface area (Å²) in [5.74, 6) is -0.389. The van der Waals surface area contributed by atoms with Gasteiger partial charge in [-0.1, -0.05) is 11.6 Å². The highest BCUT2D eigenvalue weighted by Crippen LogP contribution is 2.22. The van der Waals surface area contributed by atoms with Gasteiger partial charge < -0.3 is 10.4 Å². The van der Waals surface area contributed by atoms with Crippen LogP contribution in [0, 0.1) is 6.92 Å². The minimum absolute atomic E-state index is 0.00698. The number of hydrogen-bond donors (Lipinski definition) is 2. The molecule has 1 amide bonds. The number of hydrogen-bond acceptors (Lipinski definition) is 3. The van der Waals surface area contributed by atoms with Gasteiger partial charge in [-0.25, -0.2) is 0 Å². The van der Waals surface area contributed by atoms with E-state index in [1.165, 1.54) is 18.2 Å². The van der Waals surface area contributed by atoms with Crippen molar-refractivity contribution in [2.45, 2.75) is 6.92 Å². The Balaban J connectivity index is 2.27. The number of amides is 1. The van der Waals surface area contributed by atoms with Crippen LogP contribution in [0.25, 0.3) is 0 Å². The van der Waals surface area contributed by atoms with Crippen molar-refractivity contribution < 1.29 is 9.90 Å². The van der Waals surface area contributed by atoms with Crippen LogP contribution in [-0.4, -0.2) is 20.8 Å². The molecule has 0 fully saturated rings. The fraction of sp³-hybridized carbons (Fsp3) is 0.167. The summed E-state index contributed by atoms with van der Waals surface area (Å²) in [5, 5.41) is 16.5. The lowest BCUT2D eigenvalue weighted by Crippen LogP contribution is -2.12. The Morgan fingerprint density at radius 3 is 2.83 bits per heavy atom. The van der Waals surface area contributed by atoms with Gasteiger partial charge in [-0.3, -0.25) is 9.48 Å². The number of benzene rings is 1. The van der Waals surface area contributed by atoms with Crippen LogP contribution in [0.2, 0.25) is 5.02 Å². The molecule has 2 N–H and O–H groups in total. The van der Waals surface area contributed by atoms with Gasteiger partial charge in [-0.05, 0) is 25.1 Å². The topological polar surface area (TPSA) is 67.2 Å². The molecule has 1 aromatic heterocycles. The quantitative estimate of drug-likeness (QED) is 0.876. The number of phenols is 1. The van der Waals surface area contributed by atoms with E-state index in [0.717, 1.165) is 0 Å². The molecule has 1 aromatic carbocycles. The molecule has 0 spiro atoms. The number of aromatic nitrogens is 2. The number of carbonyl (C=O) groups excluding carboxylic acids is 1. The smallest absolute Gasteiger partial charge is 0.257 e. The first-order chi connectivity index (χ1) is 8.47. The van der Waals surface area contributed by atoms with Gasteiger partial charge >= 0.3 is 0 Å². The molecule has 18 heavy (non-hydrogen) atoms. The van der Waals surface area contributed by atoms with Crippen LogP contribution in [-0.2, 0) is 7.05 Å². The zero-order chi connectivity index (χ0) is 13.3. The number of aryl methyl sites for hydroxylation is 2. The predicted molar refractivity (Wildman–Crippen MR) is 69.0 cm³/mol. The lowest BCUT2D eigenvalue weighted by molar-refractivity contribution is 0.102. The summed E-state index contributed by atoms with van der Waals surface area (Å²) < 4.78 is 1.61. The van der Waals surface area contributed by atoms with E-state index in [9.17, 15) is 9.90 Å². The van der Waals surface area contributed by atoms with Crippen LogP contribution in [0.3, 0.4) is 0 Å². The maximum Gasteiger partial charge on any atom is 0.257 e. The Bertz CT molecular complexity index is 607. The monoisotopic (exact) mass is 265 g/mol. The average Bonchev–Trinajstić information content (AvgIpc) is 2.61. The van der Waals surface area contributed by atoms with E-state index in [-0.39, 0.29) is 22.2 Å². The second-order valence-electron chi connectivity index (χ2n) is 3.92. The van der Waals surface area contributed by atoms with Crippen molar-refractivity contribution in [3.63, 3.8) is 0 Å². The summed E-state index contributed by atoms with van der Waals surface area (Å²) >= 11 is 5.91. The highest BCUT2D eigenvalue weighted by molar-refractivity contribution is 6.34. The van der Waals surface area contributed by atoms with Gasteiger partial charge in [0.15, 0.2) is 0 Å². The van der Waals surface area contributed by atoms with Crippen molar-refractivity contribution in [1.82, 2.24) is 9.78 Å². The molecule has 0 radical (unpaired) electrons. The van der Waals surface area contributed by atoms with E-state index >= 15 is 0 Å². The summed E-state index contributed by atoms with van der Waals surface area (Å²) in [6, 6.07) is 4.22. The Hall–Kier alpha value is -2.01. The van der Waals surface area contributed by atoms with Crippen LogP contribution in [0.15, 0.2) is 24.4 Å². The minimum atomic E-state index is -0.382. The summed E-state index contributed by atoms with van der Waals surface area (Å²) in [6.07, 6.45) is 1.70. The van der Waals surface area contributed by atoms with E-state index in [2.05, 4.69) is 10.4 Å². The van der Waals surface area contributed by atoms with Gasteiger partial charge in [0.1, 0.15) is 5.75 Å². The van der Waals surface area contributed by atoms with Gasteiger partial charge in [0.05, 0.1) is 22.0 Å². The van der Waals surface area contributed by atoms with Crippen LogP contribution >= 0.6 is 11.6 Å². The Labute approximate surface area is 109 Å². The standard InChI is InChI=1S/C12H12ClN3O2/c1-7-11(6-16(2)15-7)14-12(18)9-5-8(17)3-4-10(9)13/h3-6,17H,1-2H3,(H,14,18). The Morgan fingerprint density at radius 2 is 2.22 bits per heavy atom. The zero-order valence-corrected chi connectivity index (χ0v) is 10.7. The molecule has 94 valence electrons. The fourth-order valence-electron chi connectivity index (χ4n) is 1.60. The van der Waals surface area contributed by atoms with Crippen molar-refractivity contribution in [3.8, 4) is 5.75 Å². The minimum Gasteiger partial charge on any atom is -0.508 e. The maximum atomic E-state index is 12.0. The summed E-state index contributed by atoms with van der Waals surface area (Å²) in [6.45, 7) is 1.79. The number of halogens is 1. The predicted octanol–water partition coefficient (Wildman–Crippen LogP) is 2.34. The molecule has 0 atom stereocenters. The maximum absolute atomic E-state index is 12.0. The van der Waals surface area contributed by atoms with Crippen molar-refractivity contribution in [2.24, 2.45) is 7.05 Å². The lowest BCUT2D eigenvalue weighted by atomic mass is 10.2. The largest absolute Gasteiger partial charge is 0.508 e. The van der Waals surface area contributed by atoms with E-state index in [4.69, 9.17) is 11.6 Å². The molecule has 0 unspecified atom stereocenters. The Kier molecular flexibility index (Phi) is 3.25. The van der Waals surface area contributed by atoms with Crippen LogP contribution in [0.5, 0.6) is 5.75 Å². The van der Waals surface area contributed by atoms with Gasteiger partial charge in [0.2, 0.25) is 0 Å². The molecule has 0 aliphatic rings. The molecular formula is C12H12ClN3O2. The molecule has 0 aliphatic carbocycles. The zero-order valence-electron chi connectivity index (χ0n) is 9.94. The number of anilines is 1. The molecule has 5 nitrogen and oxygen atoms in total. The summed E-state index contributed by atoms with van der Waals surface area (Å²) in [5.41, 5.74) is 1.55. The first-order valence-electron chi connectivity index (χ1n) is 5.27. The number of aromatic hydroxyl groups is 1. The highest BCUT2D eigenvalue weighted by atomic mass is 35.5. The molecule has 0 aliphatic heterocycles. The van der Waals surface area contributed by atoms with E-state index in [0.29, 0.717) is 11.4 Å². The second-order valence-corrected chi connectivity index (χ2v) is 4.33. The van der Waals surface area contributed by atoms with Crippen molar-refractivity contribution in [3.05, 3.63) is 40.7 Å². The molecule has 0 bridgehead atoms. The molecular weight excluding hydrogens is 254 g/mol. The van der Waals surface area contributed by atoms with Crippen molar-refractivity contribution in [1.29, 1.82) is 0 Å². The van der Waals surface area contributed by atoms with Crippen LogP contribution < -0.4 is 5.32 Å². The third kappa shape index (κ3) is 2.46. The van der Waals surface area contributed by atoms with Gasteiger partial charge in [-0.15, -0.1) is 0 Å². The molecule has 1 heterocycles. The second kappa shape index (κ2) is 4.70. The van der Waals surface area contributed by atoms with E-state index in [1.54, 1.807) is 24.9 Å². The lowest BCUT2D eigenvalue weighted by Gasteiger charge is -2.06. The van der Waals surface area contributed by atoms with Crippen molar-refractivity contribution >= 4 is 23.2 Å². The third-order valence-corrected chi connectivity index (χ3v) is 2.79. The fourth-order valence-corrected chi connectivity index (χ4v) is 1.80. The molecule has 6 heteroatoms. The molecule has 0 saturated carbocycles.